The number of rotatable bonds is 9. The maximum atomic E-state index is 9.91. The Kier molecular flexibility index (Phi) is 8.62. The van der Waals surface area contributed by atoms with Crippen LogP contribution >= 0.6 is 0 Å². The van der Waals surface area contributed by atoms with Gasteiger partial charge in [-0.15, -0.1) is 0 Å². The molecule has 114 valence electrons. The minimum Gasteiger partial charge on any atom is -0.395 e. The van der Waals surface area contributed by atoms with Crippen molar-refractivity contribution in [2.45, 2.75) is 70.6 Å². The lowest BCUT2D eigenvalue weighted by Crippen LogP contribution is -2.40. The Morgan fingerprint density at radius 2 is 2.00 bits per heavy atom. The van der Waals surface area contributed by atoms with Crippen molar-refractivity contribution in [1.29, 1.82) is 0 Å². The van der Waals surface area contributed by atoms with Crippen LogP contribution in [0.25, 0.3) is 0 Å². The molecule has 0 aromatic heterocycles. The first-order chi connectivity index (χ1) is 9.21. The molecule has 4 nitrogen and oxygen atoms in total. The first-order valence-corrected chi connectivity index (χ1v) is 7.85. The summed E-state index contributed by atoms with van der Waals surface area (Å²) >= 11 is 0. The van der Waals surface area contributed by atoms with Crippen LogP contribution in [0.15, 0.2) is 0 Å². The normalized spacial score (nSPS) is 27.2. The summed E-state index contributed by atoms with van der Waals surface area (Å²) in [6.07, 6.45) is 6.83. The van der Waals surface area contributed by atoms with E-state index < -0.39 is 6.10 Å². The summed E-state index contributed by atoms with van der Waals surface area (Å²) in [4.78, 5) is 0. The minimum absolute atomic E-state index is 0.0766. The van der Waals surface area contributed by atoms with Crippen LogP contribution in [0.3, 0.4) is 0 Å². The molecule has 0 amide bonds. The summed E-state index contributed by atoms with van der Waals surface area (Å²) in [5.41, 5.74) is 0. The number of aliphatic hydroxyl groups excluding tert-OH is 2. The zero-order valence-electron chi connectivity index (χ0n) is 12.5. The van der Waals surface area contributed by atoms with Crippen LogP contribution in [0.1, 0.15) is 52.4 Å². The van der Waals surface area contributed by atoms with Gasteiger partial charge in [-0.25, -0.2) is 0 Å². The van der Waals surface area contributed by atoms with Gasteiger partial charge in [0.05, 0.1) is 25.4 Å². The Bertz CT molecular complexity index is 221. The van der Waals surface area contributed by atoms with E-state index >= 15 is 0 Å². The topological polar surface area (TPSA) is 61.7 Å². The third-order valence-corrected chi connectivity index (χ3v) is 4.22. The molecule has 1 saturated carbocycles. The van der Waals surface area contributed by atoms with Gasteiger partial charge in [0, 0.05) is 12.6 Å². The van der Waals surface area contributed by atoms with Gasteiger partial charge < -0.3 is 20.3 Å². The van der Waals surface area contributed by atoms with E-state index in [1.54, 1.807) is 0 Å². The van der Waals surface area contributed by atoms with Crippen LogP contribution in [0, 0.1) is 5.92 Å². The lowest BCUT2D eigenvalue weighted by molar-refractivity contribution is -0.0506. The monoisotopic (exact) mass is 273 g/mol. The van der Waals surface area contributed by atoms with Crippen molar-refractivity contribution in [3.63, 3.8) is 0 Å². The Morgan fingerprint density at radius 1 is 1.26 bits per heavy atom. The standard InChI is InChI=1S/C15H31NO3/c1-3-12-7-5-6-8-15(12)19-11-14(18)9-16-13(4-2)10-17/h12-18H,3-11H2,1-2H3. The van der Waals surface area contributed by atoms with E-state index in [9.17, 15) is 5.11 Å². The maximum absolute atomic E-state index is 9.91. The zero-order valence-corrected chi connectivity index (χ0v) is 12.5. The first-order valence-electron chi connectivity index (χ1n) is 7.85. The van der Waals surface area contributed by atoms with E-state index in [0.29, 0.717) is 25.2 Å². The number of ether oxygens (including phenoxy) is 1. The van der Waals surface area contributed by atoms with E-state index in [-0.39, 0.29) is 12.6 Å². The number of hydrogen-bond acceptors (Lipinski definition) is 4. The Morgan fingerprint density at radius 3 is 2.63 bits per heavy atom. The van der Waals surface area contributed by atoms with Crippen molar-refractivity contribution in [1.82, 2.24) is 5.32 Å². The predicted octanol–water partition coefficient (Wildman–Crippen LogP) is 1.69. The largest absolute Gasteiger partial charge is 0.395 e. The number of aliphatic hydroxyl groups is 2. The molecule has 1 rings (SSSR count). The molecule has 1 fully saturated rings. The molecule has 1 aliphatic rings. The average Bonchev–Trinajstić information content (AvgIpc) is 2.46. The van der Waals surface area contributed by atoms with Gasteiger partial charge in [-0.05, 0) is 25.2 Å². The van der Waals surface area contributed by atoms with Gasteiger partial charge in [-0.1, -0.05) is 33.1 Å². The molecule has 0 bridgehead atoms. The zero-order chi connectivity index (χ0) is 14.1. The molecule has 4 atom stereocenters. The lowest BCUT2D eigenvalue weighted by Gasteiger charge is -2.31. The van der Waals surface area contributed by atoms with Gasteiger partial charge in [0.15, 0.2) is 0 Å². The van der Waals surface area contributed by atoms with Crippen LogP contribution < -0.4 is 5.32 Å². The van der Waals surface area contributed by atoms with Crippen LogP contribution in [0.5, 0.6) is 0 Å². The summed E-state index contributed by atoms with van der Waals surface area (Å²) in [5.74, 6) is 0.662. The number of hydrogen-bond donors (Lipinski definition) is 3. The minimum atomic E-state index is -0.486. The third-order valence-electron chi connectivity index (χ3n) is 4.22. The van der Waals surface area contributed by atoms with Crippen LogP contribution in [0.2, 0.25) is 0 Å². The van der Waals surface area contributed by atoms with Crippen molar-refractivity contribution in [3.05, 3.63) is 0 Å². The molecule has 4 unspecified atom stereocenters. The van der Waals surface area contributed by atoms with Crippen molar-refractivity contribution >= 4 is 0 Å². The first kappa shape index (κ1) is 16.9. The van der Waals surface area contributed by atoms with Crippen LogP contribution in [-0.4, -0.2) is 48.2 Å². The van der Waals surface area contributed by atoms with Crippen molar-refractivity contribution < 1.29 is 14.9 Å². The highest BCUT2D eigenvalue weighted by atomic mass is 16.5. The summed E-state index contributed by atoms with van der Waals surface area (Å²) in [6, 6.07) is 0.0766. The van der Waals surface area contributed by atoms with Crippen LogP contribution in [0.4, 0.5) is 0 Å². The molecular weight excluding hydrogens is 242 g/mol. The second-order valence-electron chi connectivity index (χ2n) is 5.67. The third kappa shape index (κ3) is 6.21. The van der Waals surface area contributed by atoms with E-state index in [1.165, 1.54) is 25.7 Å². The van der Waals surface area contributed by atoms with Gasteiger partial charge in [0.1, 0.15) is 0 Å². The summed E-state index contributed by atoms with van der Waals surface area (Å²) in [7, 11) is 0. The fraction of sp³-hybridized carbons (Fsp3) is 1.00. The van der Waals surface area contributed by atoms with Gasteiger partial charge in [-0.3, -0.25) is 0 Å². The molecule has 0 aromatic carbocycles. The van der Waals surface area contributed by atoms with Crippen LogP contribution in [-0.2, 0) is 4.74 Å². The highest BCUT2D eigenvalue weighted by Crippen LogP contribution is 2.29. The average molecular weight is 273 g/mol. The SMILES string of the molecule is CCC(CO)NCC(O)COC1CCCCC1CC. The van der Waals surface area contributed by atoms with Gasteiger partial charge in [0.2, 0.25) is 0 Å². The Balaban J connectivity index is 2.19. The van der Waals surface area contributed by atoms with Gasteiger partial charge >= 0.3 is 0 Å². The van der Waals surface area contributed by atoms with Crippen molar-refractivity contribution in [2.75, 3.05) is 19.8 Å². The highest BCUT2D eigenvalue weighted by Gasteiger charge is 2.24. The lowest BCUT2D eigenvalue weighted by atomic mass is 9.85. The van der Waals surface area contributed by atoms with Gasteiger partial charge in [0.25, 0.3) is 0 Å². The molecular formula is C15H31NO3. The van der Waals surface area contributed by atoms with Crippen molar-refractivity contribution in [2.24, 2.45) is 5.92 Å². The number of nitrogens with one attached hydrogen (secondary N) is 1. The Labute approximate surface area is 117 Å². The molecule has 3 N–H and O–H groups in total. The molecule has 0 spiro atoms. The van der Waals surface area contributed by atoms with E-state index in [1.807, 2.05) is 6.92 Å². The van der Waals surface area contributed by atoms with E-state index in [4.69, 9.17) is 9.84 Å². The molecule has 0 radical (unpaired) electrons. The summed E-state index contributed by atoms with van der Waals surface area (Å²) in [6.45, 7) is 5.24. The molecule has 0 aliphatic heterocycles. The quantitative estimate of drug-likeness (QED) is 0.598. The molecule has 19 heavy (non-hydrogen) atoms. The van der Waals surface area contributed by atoms with E-state index in [2.05, 4.69) is 12.2 Å². The predicted molar refractivity (Wildman–Crippen MR) is 77.2 cm³/mol. The summed E-state index contributed by atoms with van der Waals surface area (Å²) < 4.78 is 5.90. The second kappa shape index (κ2) is 9.70. The fourth-order valence-electron chi connectivity index (χ4n) is 2.79. The molecule has 0 saturated heterocycles. The fourth-order valence-corrected chi connectivity index (χ4v) is 2.79. The maximum Gasteiger partial charge on any atom is 0.0897 e. The molecule has 4 heteroatoms. The van der Waals surface area contributed by atoms with Crippen molar-refractivity contribution in [3.8, 4) is 0 Å². The Hall–Kier alpha value is -0.160. The highest BCUT2D eigenvalue weighted by molar-refractivity contribution is 4.76. The molecule has 1 aliphatic carbocycles. The second-order valence-corrected chi connectivity index (χ2v) is 5.67. The smallest absolute Gasteiger partial charge is 0.0897 e. The van der Waals surface area contributed by atoms with E-state index in [0.717, 1.165) is 12.8 Å². The molecule has 0 aromatic rings. The summed E-state index contributed by atoms with van der Waals surface area (Å²) in [5, 5.41) is 22.1. The van der Waals surface area contributed by atoms with Gasteiger partial charge in [-0.2, -0.15) is 0 Å². The molecule has 0 heterocycles.